The van der Waals surface area contributed by atoms with E-state index in [2.05, 4.69) is 60.7 Å². The van der Waals surface area contributed by atoms with Crippen LogP contribution in [0.25, 0.3) is 0 Å². The average Bonchev–Trinajstić information content (AvgIpc) is 2.50. The first-order valence-corrected chi connectivity index (χ1v) is 10.4. The molecule has 18 heavy (non-hydrogen) atoms. The molecule has 1 heterocycles. The fourth-order valence-electron chi connectivity index (χ4n) is 2.35. The monoisotopic (exact) mass is 368 g/mol. The maximum absolute atomic E-state index is 2.34. The molecule has 0 aliphatic carbocycles. The van der Waals surface area contributed by atoms with Gasteiger partial charge in [0.05, 0.1) is 0 Å². The molecule has 2 aromatic carbocycles. The molecule has 0 radical (unpaired) electrons. The van der Waals surface area contributed by atoms with E-state index in [1.165, 1.54) is 17.1 Å². The van der Waals surface area contributed by atoms with Crippen LogP contribution in [0.15, 0.2) is 60.7 Å². The Labute approximate surface area is 122 Å². The van der Waals surface area contributed by atoms with Crippen LogP contribution in [-0.2, 0) is 3.21 Å². The Morgan fingerprint density at radius 1 is 0.667 bits per heavy atom. The van der Waals surface area contributed by atoms with E-state index in [0.717, 1.165) is 0 Å². The van der Waals surface area contributed by atoms with Crippen LogP contribution >= 0.6 is 0 Å². The molecule has 2 aromatic rings. The summed E-state index contributed by atoms with van der Waals surface area (Å²) in [5.41, 5.74) is 3.10. The SMILES string of the molecule is c1ccc(C2(c3ccccc3)[Se]CCC[Se]2)cc1. The molecule has 0 N–H and O–H groups in total. The Bertz CT molecular complexity index is 446. The van der Waals surface area contributed by atoms with Gasteiger partial charge in [0.15, 0.2) is 0 Å². The van der Waals surface area contributed by atoms with Crippen LogP contribution in [0.5, 0.6) is 0 Å². The molecule has 0 saturated carbocycles. The number of hydrogen-bond donors (Lipinski definition) is 0. The molecule has 0 spiro atoms. The Morgan fingerprint density at radius 2 is 1.11 bits per heavy atom. The summed E-state index contributed by atoms with van der Waals surface area (Å²) < 4.78 is 0.390. The van der Waals surface area contributed by atoms with E-state index in [4.69, 9.17) is 0 Å². The molecular weight excluding hydrogens is 350 g/mol. The topological polar surface area (TPSA) is 0 Å². The summed E-state index contributed by atoms with van der Waals surface area (Å²) in [7, 11) is 0. The molecule has 1 aliphatic heterocycles. The van der Waals surface area contributed by atoms with Crippen LogP contribution in [0, 0.1) is 0 Å². The molecule has 0 bridgehead atoms. The zero-order valence-electron chi connectivity index (χ0n) is 10.2. The quantitative estimate of drug-likeness (QED) is 0.714. The van der Waals surface area contributed by atoms with Gasteiger partial charge in [0.25, 0.3) is 0 Å². The second-order valence-electron chi connectivity index (χ2n) is 4.40. The van der Waals surface area contributed by atoms with Gasteiger partial charge in [-0.05, 0) is 0 Å². The molecule has 3 rings (SSSR count). The van der Waals surface area contributed by atoms with Crippen molar-refractivity contribution in [3.05, 3.63) is 71.8 Å². The van der Waals surface area contributed by atoms with Crippen molar-refractivity contribution in [1.82, 2.24) is 0 Å². The first kappa shape index (κ1) is 12.5. The summed E-state index contributed by atoms with van der Waals surface area (Å²) in [5, 5.41) is 2.86. The van der Waals surface area contributed by atoms with Gasteiger partial charge < -0.3 is 0 Å². The van der Waals surface area contributed by atoms with Crippen molar-refractivity contribution in [3.8, 4) is 0 Å². The van der Waals surface area contributed by atoms with Crippen LogP contribution in [-0.4, -0.2) is 29.9 Å². The maximum atomic E-state index is 2.34. The van der Waals surface area contributed by atoms with Crippen molar-refractivity contribution in [2.75, 3.05) is 0 Å². The standard InChI is InChI=1S/C16H16Se2/c1-3-8-14(9-4-1)16(17-12-7-13-18-16)15-10-5-2-6-11-15/h1-6,8-11H,7,12-13H2. The summed E-state index contributed by atoms with van der Waals surface area (Å²) in [6, 6.07) is 22.4. The molecule has 2 heteroatoms. The van der Waals surface area contributed by atoms with Crippen LogP contribution in [0.3, 0.4) is 0 Å². The van der Waals surface area contributed by atoms with Gasteiger partial charge in [0, 0.05) is 0 Å². The summed E-state index contributed by atoms with van der Waals surface area (Å²) in [5.74, 6) is 0. The molecule has 1 saturated heterocycles. The Kier molecular flexibility index (Phi) is 3.91. The summed E-state index contributed by atoms with van der Waals surface area (Å²) in [6.07, 6.45) is 1.45. The number of benzene rings is 2. The molecule has 0 atom stereocenters. The molecule has 0 nitrogen and oxygen atoms in total. The molecule has 0 aromatic heterocycles. The van der Waals surface area contributed by atoms with Gasteiger partial charge in [-0.1, -0.05) is 0 Å². The van der Waals surface area contributed by atoms with Crippen molar-refractivity contribution < 1.29 is 0 Å². The van der Waals surface area contributed by atoms with E-state index in [0.29, 0.717) is 33.1 Å². The van der Waals surface area contributed by atoms with E-state index < -0.39 is 0 Å². The average molecular weight is 366 g/mol. The predicted molar refractivity (Wildman–Crippen MR) is 79.4 cm³/mol. The van der Waals surface area contributed by atoms with Gasteiger partial charge in [0.2, 0.25) is 0 Å². The third kappa shape index (κ3) is 2.31. The second-order valence-corrected chi connectivity index (χ2v) is 11.2. The van der Waals surface area contributed by atoms with Gasteiger partial charge in [-0.2, -0.15) is 0 Å². The summed E-state index contributed by atoms with van der Waals surface area (Å²) >= 11 is 1.40. The molecule has 1 aliphatic rings. The van der Waals surface area contributed by atoms with Gasteiger partial charge >= 0.3 is 122 Å². The van der Waals surface area contributed by atoms with Gasteiger partial charge in [-0.25, -0.2) is 0 Å². The number of hydrogen-bond acceptors (Lipinski definition) is 0. The second kappa shape index (κ2) is 5.63. The van der Waals surface area contributed by atoms with E-state index in [9.17, 15) is 0 Å². The minimum atomic E-state index is 0.390. The molecule has 1 fully saturated rings. The van der Waals surface area contributed by atoms with E-state index in [1.807, 2.05) is 0 Å². The number of rotatable bonds is 2. The fraction of sp³-hybridized carbons (Fsp3) is 0.250. The predicted octanol–water partition coefficient (Wildman–Crippen LogP) is 3.54. The van der Waals surface area contributed by atoms with Gasteiger partial charge in [-0.15, -0.1) is 0 Å². The van der Waals surface area contributed by atoms with Crippen molar-refractivity contribution in [2.45, 2.75) is 20.3 Å². The third-order valence-corrected chi connectivity index (χ3v) is 11.5. The molecule has 92 valence electrons. The van der Waals surface area contributed by atoms with Crippen molar-refractivity contribution in [1.29, 1.82) is 0 Å². The Balaban J connectivity index is 2.10. The van der Waals surface area contributed by atoms with Crippen LogP contribution in [0.1, 0.15) is 17.5 Å². The van der Waals surface area contributed by atoms with Gasteiger partial charge in [-0.3, -0.25) is 0 Å². The summed E-state index contributed by atoms with van der Waals surface area (Å²) in [4.78, 5) is 0. The first-order chi connectivity index (χ1) is 8.92. The van der Waals surface area contributed by atoms with Crippen LogP contribution in [0.4, 0.5) is 0 Å². The zero-order chi connectivity index (χ0) is 12.3. The fourth-order valence-corrected chi connectivity index (χ4v) is 11.1. The first-order valence-electron chi connectivity index (χ1n) is 6.31. The molecule has 0 amide bonds. The zero-order valence-corrected chi connectivity index (χ0v) is 13.6. The molecular formula is C16H16Se2. The van der Waals surface area contributed by atoms with E-state index in [1.54, 1.807) is 11.1 Å². The van der Waals surface area contributed by atoms with Crippen molar-refractivity contribution in [3.63, 3.8) is 0 Å². The Hall–Kier alpha value is -0.521. The van der Waals surface area contributed by atoms with Crippen LogP contribution in [0.2, 0.25) is 10.6 Å². The van der Waals surface area contributed by atoms with Crippen molar-refractivity contribution >= 4 is 29.9 Å². The normalized spacial score (nSPS) is 18.4. The van der Waals surface area contributed by atoms with Gasteiger partial charge in [0.1, 0.15) is 0 Å². The van der Waals surface area contributed by atoms with E-state index in [-0.39, 0.29) is 0 Å². The van der Waals surface area contributed by atoms with Crippen LogP contribution < -0.4 is 0 Å². The summed E-state index contributed by atoms with van der Waals surface area (Å²) in [6.45, 7) is 0. The van der Waals surface area contributed by atoms with E-state index >= 15 is 0 Å². The Morgan fingerprint density at radius 3 is 1.56 bits per heavy atom. The van der Waals surface area contributed by atoms with Crippen molar-refractivity contribution in [2.24, 2.45) is 0 Å². The molecule has 0 unspecified atom stereocenters. The third-order valence-electron chi connectivity index (χ3n) is 3.21. The minimum absolute atomic E-state index is 0.390.